The molecule has 0 amide bonds. The number of rotatable bonds is 0. The van der Waals surface area contributed by atoms with E-state index >= 15 is 0 Å². The van der Waals surface area contributed by atoms with Crippen LogP contribution in [0.3, 0.4) is 0 Å². The maximum atomic E-state index is 4.51. The number of hydrogen-bond donors (Lipinski definition) is 0. The van der Waals surface area contributed by atoms with Crippen molar-refractivity contribution in [2.45, 2.75) is 52.5 Å². The molecule has 0 saturated carbocycles. The predicted molar refractivity (Wildman–Crippen MR) is 71.2 cm³/mol. The van der Waals surface area contributed by atoms with Gasteiger partial charge in [0.25, 0.3) is 0 Å². The molecule has 0 fully saturated rings. The topological polar surface area (TPSA) is 30.7 Å². The van der Waals surface area contributed by atoms with E-state index in [2.05, 4.69) is 63.9 Å². The largest absolute Gasteiger partial charge is 0.265 e. The zero-order valence-corrected chi connectivity index (χ0v) is 11.6. The summed E-state index contributed by atoms with van der Waals surface area (Å²) in [7, 11) is 0. The Morgan fingerprint density at radius 2 is 1.71 bits per heavy atom. The molecule has 2 aromatic rings. The maximum absolute atomic E-state index is 4.51. The van der Waals surface area contributed by atoms with Crippen LogP contribution >= 0.6 is 0 Å². The van der Waals surface area contributed by atoms with Crippen molar-refractivity contribution in [3.05, 3.63) is 24.0 Å². The molecule has 0 aromatic carbocycles. The van der Waals surface area contributed by atoms with Crippen LogP contribution in [0.5, 0.6) is 0 Å². The second-order valence-electron chi connectivity index (χ2n) is 6.63. The fourth-order valence-corrected chi connectivity index (χ4v) is 1.67. The molecular weight excluding hydrogens is 210 g/mol. The molecule has 0 N–H and O–H groups in total. The Labute approximate surface area is 103 Å². The summed E-state index contributed by atoms with van der Waals surface area (Å²) in [6.45, 7) is 13.0. The average molecular weight is 231 g/mol. The molecule has 3 heteroatoms. The summed E-state index contributed by atoms with van der Waals surface area (Å²) in [5.74, 6) is 0. The standard InChI is InChI=1S/C14H21N3/c1-13(2,3)11-7-10-9-17(14(4,5)6)16-12(10)15-8-11/h7-9H,1-6H3. The van der Waals surface area contributed by atoms with E-state index in [1.54, 1.807) is 0 Å². The van der Waals surface area contributed by atoms with Gasteiger partial charge in [0.2, 0.25) is 0 Å². The minimum atomic E-state index is 0.00258. The third kappa shape index (κ3) is 2.33. The third-order valence-corrected chi connectivity index (χ3v) is 2.91. The Balaban J connectivity index is 2.56. The SMILES string of the molecule is CC(C)(C)c1cnc2nn(C(C)(C)C)cc2c1. The molecule has 2 heterocycles. The first-order valence-electron chi connectivity index (χ1n) is 6.04. The number of hydrogen-bond acceptors (Lipinski definition) is 2. The van der Waals surface area contributed by atoms with Crippen LogP contribution in [-0.2, 0) is 11.0 Å². The van der Waals surface area contributed by atoms with Crippen LogP contribution in [0.25, 0.3) is 11.0 Å². The fourth-order valence-electron chi connectivity index (χ4n) is 1.67. The Hall–Kier alpha value is -1.38. The van der Waals surface area contributed by atoms with Crippen molar-refractivity contribution in [2.75, 3.05) is 0 Å². The monoisotopic (exact) mass is 231 g/mol. The average Bonchev–Trinajstić information content (AvgIpc) is 2.57. The summed E-state index contributed by atoms with van der Waals surface area (Å²) in [6.07, 6.45) is 4.01. The van der Waals surface area contributed by atoms with Crippen molar-refractivity contribution in [1.29, 1.82) is 0 Å². The summed E-state index contributed by atoms with van der Waals surface area (Å²) >= 11 is 0. The molecule has 0 saturated heterocycles. The summed E-state index contributed by atoms with van der Waals surface area (Å²) in [4.78, 5) is 4.45. The molecule has 0 radical (unpaired) electrons. The summed E-state index contributed by atoms with van der Waals surface area (Å²) in [5, 5.41) is 5.63. The van der Waals surface area contributed by atoms with E-state index < -0.39 is 0 Å². The van der Waals surface area contributed by atoms with Crippen molar-refractivity contribution >= 4 is 11.0 Å². The first-order chi connectivity index (χ1) is 7.68. The number of pyridine rings is 1. The quantitative estimate of drug-likeness (QED) is 0.695. The molecule has 17 heavy (non-hydrogen) atoms. The van der Waals surface area contributed by atoms with Gasteiger partial charge in [-0.05, 0) is 37.8 Å². The Kier molecular flexibility index (Phi) is 2.53. The molecule has 0 aliphatic rings. The van der Waals surface area contributed by atoms with Gasteiger partial charge in [0, 0.05) is 17.8 Å². The molecule has 2 rings (SSSR count). The summed E-state index contributed by atoms with van der Waals surface area (Å²) in [6, 6.07) is 2.19. The van der Waals surface area contributed by atoms with Crippen LogP contribution in [0.1, 0.15) is 47.1 Å². The van der Waals surface area contributed by atoms with Gasteiger partial charge in [0.05, 0.1) is 5.54 Å². The summed E-state index contributed by atoms with van der Waals surface area (Å²) in [5.41, 5.74) is 2.21. The van der Waals surface area contributed by atoms with Gasteiger partial charge in [0.15, 0.2) is 5.65 Å². The van der Waals surface area contributed by atoms with Gasteiger partial charge in [-0.1, -0.05) is 20.8 Å². The lowest BCUT2D eigenvalue weighted by Crippen LogP contribution is -2.21. The van der Waals surface area contributed by atoms with E-state index in [0.29, 0.717) is 0 Å². The molecule has 0 bridgehead atoms. The second kappa shape index (κ2) is 3.56. The highest BCUT2D eigenvalue weighted by Crippen LogP contribution is 2.25. The van der Waals surface area contributed by atoms with Gasteiger partial charge in [-0.2, -0.15) is 5.10 Å². The molecule has 0 atom stereocenters. The minimum Gasteiger partial charge on any atom is -0.265 e. The molecule has 0 spiro atoms. The minimum absolute atomic E-state index is 0.00258. The molecule has 0 aliphatic heterocycles. The van der Waals surface area contributed by atoms with Crippen molar-refractivity contribution < 1.29 is 0 Å². The van der Waals surface area contributed by atoms with Crippen LogP contribution < -0.4 is 0 Å². The van der Waals surface area contributed by atoms with E-state index in [9.17, 15) is 0 Å². The number of fused-ring (bicyclic) bond motifs is 1. The second-order valence-corrected chi connectivity index (χ2v) is 6.63. The van der Waals surface area contributed by atoms with Gasteiger partial charge in [-0.3, -0.25) is 4.68 Å². The van der Waals surface area contributed by atoms with E-state index in [-0.39, 0.29) is 11.0 Å². The molecule has 0 aliphatic carbocycles. The first-order valence-corrected chi connectivity index (χ1v) is 6.04. The zero-order valence-electron chi connectivity index (χ0n) is 11.6. The summed E-state index contributed by atoms with van der Waals surface area (Å²) < 4.78 is 1.98. The Morgan fingerprint density at radius 1 is 1.06 bits per heavy atom. The normalized spacial score (nSPS) is 13.3. The van der Waals surface area contributed by atoms with Crippen molar-refractivity contribution in [1.82, 2.24) is 14.8 Å². The highest BCUT2D eigenvalue weighted by Gasteiger charge is 2.18. The highest BCUT2D eigenvalue weighted by molar-refractivity contribution is 5.74. The van der Waals surface area contributed by atoms with Gasteiger partial charge < -0.3 is 0 Å². The van der Waals surface area contributed by atoms with Crippen LogP contribution in [0, 0.1) is 0 Å². The van der Waals surface area contributed by atoms with E-state index in [1.165, 1.54) is 5.56 Å². The molecule has 92 valence electrons. The predicted octanol–water partition coefficient (Wildman–Crippen LogP) is 3.48. The van der Waals surface area contributed by atoms with Crippen LogP contribution in [0.15, 0.2) is 18.5 Å². The lowest BCUT2D eigenvalue weighted by Gasteiger charge is -2.18. The van der Waals surface area contributed by atoms with Crippen LogP contribution in [0.2, 0.25) is 0 Å². The van der Waals surface area contributed by atoms with E-state index in [4.69, 9.17) is 0 Å². The van der Waals surface area contributed by atoms with Crippen LogP contribution in [-0.4, -0.2) is 14.8 Å². The van der Waals surface area contributed by atoms with Crippen molar-refractivity contribution in [3.63, 3.8) is 0 Å². The van der Waals surface area contributed by atoms with Crippen molar-refractivity contribution in [3.8, 4) is 0 Å². The van der Waals surface area contributed by atoms with Crippen molar-refractivity contribution in [2.24, 2.45) is 0 Å². The lowest BCUT2D eigenvalue weighted by molar-refractivity contribution is 0.358. The van der Waals surface area contributed by atoms with Gasteiger partial charge in [-0.25, -0.2) is 4.98 Å². The third-order valence-electron chi connectivity index (χ3n) is 2.91. The smallest absolute Gasteiger partial charge is 0.181 e. The number of nitrogens with zero attached hydrogens (tertiary/aromatic N) is 3. The highest BCUT2D eigenvalue weighted by atomic mass is 15.3. The maximum Gasteiger partial charge on any atom is 0.181 e. The van der Waals surface area contributed by atoms with Gasteiger partial charge >= 0.3 is 0 Å². The van der Waals surface area contributed by atoms with Gasteiger partial charge in [-0.15, -0.1) is 0 Å². The molecule has 2 aromatic heterocycles. The lowest BCUT2D eigenvalue weighted by atomic mass is 9.88. The van der Waals surface area contributed by atoms with Gasteiger partial charge in [0.1, 0.15) is 0 Å². The van der Waals surface area contributed by atoms with E-state index in [0.717, 1.165) is 11.0 Å². The van der Waals surface area contributed by atoms with Crippen LogP contribution in [0.4, 0.5) is 0 Å². The Morgan fingerprint density at radius 3 is 2.24 bits per heavy atom. The molecule has 0 unspecified atom stereocenters. The Bertz CT molecular complexity index is 527. The molecule has 3 nitrogen and oxygen atoms in total. The fraction of sp³-hybridized carbons (Fsp3) is 0.571. The number of aromatic nitrogens is 3. The first kappa shape index (κ1) is 12.1. The zero-order chi connectivity index (χ0) is 12.8. The van der Waals surface area contributed by atoms with E-state index in [1.807, 2.05) is 10.9 Å². The molecular formula is C14H21N3.